The molecule has 0 radical (unpaired) electrons. The summed E-state index contributed by atoms with van der Waals surface area (Å²) < 4.78 is 25.8. The van der Waals surface area contributed by atoms with Crippen molar-refractivity contribution in [1.29, 1.82) is 0 Å². The molecule has 0 aromatic heterocycles. The van der Waals surface area contributed by atoms with Gasteiger partial charge in [-0.1, -0.05) is 0 Å². The highest BCUT2D eigenvalue weighted by Crippen LogP contribution is 2.22. The summed E-state index contributed by atoms with van der Waals surface area (Å²) in [5.41, 5.74) is 0. The normalized spacial score (nSPS) is 22.7. The molecule has 1 atom stereocenters. The number of aliphatic carboxylic acids is 1. The highest BCUT2D eigenvalue weighted by molar-refractivity contribution is 7.89. The first kappa shape index (κ1) is 19.2. The lowest BCUT2D eigenvalue weighted by Crippen LogP contribution is -2.40. The number of sulfonamides is 1. The van der Waals surface area contributed by atoms with Crippen molar-refractivity contribution in [2.45, 2.75) is 51.4 Å². The number of carboxylic acid groups (broad SMARTS) is 1. The van der Waals surface area contributed by atoms with Crippen LogP contribution < -0.4 is 0 Å². The largest absolute Gasteiger partial charge is 0.481 e. The number of piperidine rings is 1. The average molecular weight is 360 g/mol. The maximum absolute atomic E-state index is 12.3. The SMILES string of the molecule is O=C(O)CCC1CCCN(C(=O)CCCS(=O)(=O)N2CCCC2)C1. The van der Waals surface area contributed by atoms with E-state index >= 15 is 0 Å². The molecule has 1 amide bonds. The second-order valence-electron chi connectivity index (χ2n) is 6.81. The number of carboxylic acids is 1. The van der Waals surface area contributed by atoms with Gasteiger partial charge in [-0.05, 0) is 44.4 Å². The topological polar surface area (TPSA) is 95.0 Å². The molecule has 7 nitrogen and oxygen atoms in total. The summed E-state index contributed by atoms with van der Waals surface area (Å²) in [6.45, 7) is 2.51. The van der Waals surface area contributed by atoms with Crippen molar-refractivity contribution in [3.8, 4) is 0 Å². The van der Waals surface area contributed by atoms with Gasteiger partial charge in [-0.25, -0.2) is 12.7 Å². The van der Waals surface area contributed by atoms with E-state index in [1.54, 1.807) is 4.90 Å². The smallest absolute Gasteiger partial charge is 0.303 e. The van der Waals surface area contributed by atoms with Gasteiger partial charge in [-0.3, -0.25) is 9.59 Å². The van der Waals surface area contributed by atoms with Gasteiger partial charge in [0.2, 0.25) is 15.9 Å². The number of nitrogens with zero attached hydrogens (tertiary/aromatic N) is 2. The van der Waals surface area contributed by atoms with Gasteiger partial charge in [0.1, 0.15) is 0 Å². The van der Waals surface area contributed by atoms with E-state index < -0.39 is 16.0 Å². The molecule has 2 aliphatic heterocycles. The van der Waals surface area contributed by atoms with Crippen LogP contribution in [0.3, 0.4) is 0 Å². The summed E-state index contributed by atoms with van der Waals surface area (Å²) in [7, 11) is -3.22. The minimum Gasteiger partial charge on any atom is -0.481 e. The number of amides is 1. The van der Waals surface area contributed by atoms with Crippen LogP contribution in [0.4, 0.5) is 0 Å². The Morgan fingerprint density at radius 1 is 1.04 bits per heavy atom. The summed E-state index contributed by atoms with van der Waals surface area (Å²) in [6, 6.07) is 0. The lowest BCUT2D eigenvalue weighted by Gasteiger charge is -2.32. The molecular formula is C16H28N2O5S. The van der Waals surface area contributed by atoms with Crippen molar-refractivity contribution in [1.82, 2.24) is 9.21 Å². The highest BCUT2D eigenvalue weighted by atomic mass is 32.2. The fourth-order valence-corrected chi connectivity index (χ4v) is 5.10. The van der Waals surface area contributed by atoms with Crippen LogP contribution in [-0.4, -0.2) is 66.5 Å². The minimum atomic E-state index is -3.22. The number of likely N-dealkylation sites (tertiary alicyclic amines) is 1. The molecule has 0 bridgehead atoms. The Morgan fingerprint density at radius 2 is 1.75 bits per heavy atom. The summed E-state index contributed by atoms with van der Waals surface area (Å²) in [5, 5.41) is 8.76. The second kappa shape index (κ2) is 8.80. The maximum atomic E-state index is 12.3. The molecule has 2 heterocycles. The van der Waals surface area contributed by atoms with Crippen molar-refractivity contribution < 1.29 is 23.1 Å². The van der Waals surface area contributed by atoms with E-state index in [1.165, 1.54) is 4.31 Å². The van der Waals surface area contributed by atoms with E-state index in [0.29, 0.717) is 39.0 Å². The van der Waals surface area contributed by atoms with E-state index in [4.69, 9.17) is 5.11 Å². The van der Waals surface area contributed by atoms with Crippen molar-refractivity contribution >= 4 is 21.9 Å². The maximum Gasteiger partial charge on any atom is 0.303 e. The lowest BCUT2D eigenvalue weighted by atomic mass is 9.93. The third kappa shape index (κ3) is 5.73. The van der Waals surface area contributed by atoms with Crippen LogP contribution in [0.15, 0.2) is 0 Å². The van der Waals surface area contributed by atoms with Crippen LogP contribution in [0.1, 0.15) is 51.4 Å². The second-order valence-corrected chi connectivity index (χ2v) is 8.89. The fraction of sp³-hybridized carbons (Fsp3) is 0.875. The van der Waals surface area contributed by atoms with Gasteiger partial charge in [0.05, 0.1) is 5.75 Å². The molecule has 1 unspecified atom stereocenters. The molecule has 0 aliphatic carbocycles. The van der Waals surface area contributed by atoms with Gasteiger partial charge in [-0.2, -0.15) is 0 Å². The molecule has 2 aliphatic rings. The number of carbonyl (C=O) groups is 2. The number of hydrogen-bond acceptors (Lipinski definition) is 4. The van der Waals surface area contributed by atoms with E-state index in [2.05, 4.69) is 0 Å². The van der Waals surface area contributed by atoms with E-state index in [9.17, 15) is 18.0 Å². The van der Waals surface area contributed by atoms with Gasteiger partial charge in [0.25, 0.3) is 0 Å². The van der Waals surface area contributed by atoms with Gasteiger partial charge < -0.3 is 10.0 Å². The number of carbonyl (C=O) groups excluding carboxylic acids is 1. The zero-order chi connectivity index (χ0) is 17.6. The molecule has 2 saturated heterocycles. The number of hydrogen-bond donors (Lipinski definition) is 1. The molecule has 0 aromatic rings. The van der Waals surface area contributed by atoms with E-state index in [0.717, 1.165) is 25.7 Å². The van der Waals surface area contributed by atoms with Crippen LogP contribution in [0.25, 0.3) is 0 Å². The summed E-state index contributed by atoms with van der Waals surface area (Å²) in [6.07, 6.45) is 5.03. The predicted molar refractivity (Wildman–Crippen MR) is 90.0 cm³/mol. The summed E-state index contributed by atoms with van der Waals surface area (Å²) in [4.78, 5) is 24.7. The van der Waals surface area contributed by atoms with Gasteiger partial charge >= 0.3 is 5.97 Å². The third-order valence-corrected chi connectivity index (χ3v) is 6.85. The Bertz CT molecular complexity index is 543. The standard InChI is InChI=1S/C16H28N2O5S/c19-15(6-4-12-24(22,23)18-10-1-2-11-18)17-9-3-5-14(13-17)7-8-16(20)21/h14H,1-13H2,(H,20,21). The molecule has 138 valence electrons. The zero-order valence-corrected chi connectivity index (χ0v) is 15.0. The van der Waals surface area contributed by atoms with Crippen LogP contribution in [0, 0.1) is 5.92 Å². The first-order valence-electron chi connectivity index (χ1n) is 8.86. The molecule has 0 aromatic carbocycles. The zero-order valence-electron chi connectivity index (χ0n) is 14.2. The van der Waals surface area contributed by atoms with E-state index in [-0.39, 0.29) is 30.4 Å². The molecule has 0 spiro atoms. The molecular weight excluding hydrogens is 332 g/mol. The van der Waals surface area contributed by atoms with Crippen LogP contribution in [0.2, 0.25) is 0 Å². The molecule has 2 fully saturated rings. The van der Waals surface area contributed by atoms with Crippen molar-refractivity contribution in [2.24, 2.45) is 5.92 Å². The van der Waals surface area contributed by atoms with Gasteiger partial charge in [0.15, 0.2) is 0 Å². The van der Waals surface area contributed by atoms with Crippen molar-refractivity contribution in [2.75, 3.05) is 31.9 Å². The minimum absolute atomic E-state index is 0.00773. The van der Waals surface area contributed by atoms with Crippen LogP contribution in [-0.2, 0) is 19.6 Å². The lowest BCUT2D eigenvalue weighted by molar-refractivity contribution is -0.137. The Morgan fingerprint density at radius 3 is 2.42 bits per heavy atom. The third-order valence-electron chi connectivity index (χ3n) is 4.89. The predicted octanol–water partition coefficient (Wildman–Crippen LogP) is 1.30. The first-order valence-corrected chi connectivity index (χ1v) is 10.5. The monoisotopic (exact) mass is 360 g/mol. The average Bonchev–Trinajstić information content (AvgIpc) is 3.08. The summed E-state index contributed by atoms with van der Waals surface area (Å²) >= 11 is 0. The van der Waals surface area contributed by atoms with Crippen molar-refractivity contribution in [3.05, 3.63) is 0 Å². The highest BCUT2D eigenvalue weighted by Gasteiger charge is 2.27. The van der Waals surface area contributed by atoms with Crippen LogP contribution >= 0.6 is 0 Å². The van der Waals surface area contributed by atoms with Gasteiger partial charge in [-0.15, -0.1) is 0 Å². The van der Waals surface area contributed by atoms with Crippen LogP contribution in [0.5, 0.6) is 0 Å². The van der Waals surface area contributed by atoms with Gasteiger partial charge in [0, 0.05) is 39.0 Å². The fourth-order valence-electron chi connectivity index (χ4n) is 3.51. The first-order chi connectivity index (χ1) is 11.4. The van der Waals surface area contributed by atoms with E-state index in [1.807, 2.05) is 0 Å². The Labute approximate surface area is 144 Å². The molecule has 1 N–H and O–H groups in total. The Balaban J connectivity index is 1.72. The summed E-state index contributed by atoms with van der Waals surface area (Å²) in [5.74, 6) is -0.529. The molecule has 2 rings (SSSR count). The Kier molecular flexibility index (Phi) is 7.03. The molecule has 8 heteroatoms. The quantitative estimate of drug-likeness (QED) is 0.704. The molecule has 24 heavy (non-hydrogen) atoms. The molecule has 0 saturated carbocycles. The van der Waals surface area contributed by atoms with Crippen molar-refractivity contribution in [3.63, 3.8) is 0 Å². The number of rotatable bonds is 8. The Hall–Kier alpha value is -1.15.